The highest BCUT2D eigenvalue weighted by Gasteiger charge is 2.02. The van der Waals surface area contributed by atoms with E-state index in [4.69, 9.17) is 4.42 Å². The Bertz CT molecular complexity index is 488. The first kappa shape index (κ1) is 11.4. The molecular weight excluding hydrogens is 190 g/mol. The quantitative estimate of drug-likeness (QED) is 0.719. The molecule has 1 aromatic carbocycles. The monoisotopic (exact) mass is 205 g/mol. The van der Waals surface area contributed by atoms with Crippen molar-refractivity contribution in [2.24, 2.45) is 0 Å². The first-order chi connectivity index (χ1) is 7.31. The third-order valence-corrected chi connectivity index (χ3v) is 1.88. The van der Waals surface area contributed by atoms with Gasteiger partial charge >= 0.3 is 5.63 Å². The van der Waals surface area contributed by atoms with Crippen LogP contribution < -0.4 is 5.63 Å². The van der Waals surface area contributed by atoms with E-state index in [0.29, 0.717) is 23.2 Å². The average molecular weight is 205 g/mol. The number of hydrogen-bond donors (Lipinski definition) is 0. The summed E-state index contributed by atoms with van der Waals surface area (Å²) >= 11 is 0. The molecular formula is C12H15NO2. The molecule has 15 heavy (non-hydrogen) atoms. The summed E-state index contributed by atoms with van der Waals surface area (Å²) < 4.78 is 4.97. The highest BCUT2D eigenvalue weighted by Crippen LogP contribution is 2.06. The SMILES string of the molecule is CC.CCc1nc2ccccc2c(=O)o1. The minimum absolute atomic E-state index is 0.303. The molecule has 0 unspecified atom stereocenters. The summed E-state index contributed by atoms with van der Waals surface area (Å²) in [5.74, 6) is 0.490. The fraction of sp³-hybridized carbons (Fsp3) is 0.333. The molecule has 0 N–H and O–H groups in total. The van der Waals surface area contributed by atoms with Crippen LogP contribution in [-0.2, 0) is 6.42 Å². The molecule has 0 aliphatic heterocycles. The van der Waals surface area contributed by atoms with Gasteiger partial charge in [0.1, 0.15) is 0 Å². The lowest BCUT2D eigenvalue weighted by Gasteiger charge is -1.96. The van der Waals surface area contributed by atoms with E-state index in [-0.39, 0.29) is 5.63 Å². The minimum Gasteiger partial charge on any atom is -0.408 e. The zero-order valence-corrected chi connectivity index (χ0v) is 9.28. The summed E-state index contributed by atoms with van der Waals surface area (Å²) in [4.78, 5) is 15.5. The number of nitrogens with zero attached hydrogens (tertiary/aromatic N) is 1. The second-order valence-corrected chi connectivity index (χ2v) is 2.77. The van der Waals surface area contributed by atoms with E-state index in [9.17, 15) is 4.79 Å². The molecule has 1 heterocycles. The number of benzene rings is 1. The highest BCUT2D eigenvalue weighted by atomic mass is 16.4. The van der Waals surface area contributed by atoms with Crippen LogP contribution in [0.3, 0.4) is 0 Å². The zero-order chi connectivity index (χ0) is 11.3. The van der Waals surface area contributed by atoms with E-state index in [1.165, 1.54) is 0 Å². The summed E-state index contributed by atoms with van der Waals surface area (Å²) in [6, 6.07) is 7.18. The average Bonchev–Trinajstić information content (AvgIpc) is 2.31. The molecule has 3 nitrogen and oxygen atoms in total. The topological polar surface area (TPSA) is 43.1 Å². The van der Waals surface area contributed by atoms with Gasteiger partial charge in [-0.05, 0) is 12.1 Å². The van der Waals surface area contributed by atoms with Crippen molar-refractivity contribution in [3.05, 3.63) is 40.6 Å². The molecule has 0 radical (unpaired) electrons. The molecule has 0 spiro atoms. The smallest absolute Gasteiger partial charge is 0.346 e. The van der Waals surface area contributed by atoms with Crippen LogP contribution in [0.15, 0.2) is 33.5 Å². The van der Waals surface area contributed by atoms with Gasteiger partial charge in [-0.2, -0.15) is 0 Å². The van der Waals surface area contributed by atoms with Gasteiger partial charge in [-0.3, -0.25) is 0 Å². The summed E-state index contributed by atoms with van der Waals surface area (Å²) in [7, 11) is 0. The third-order valence-electron chi connectivity index (χ3n) is 1.88. The Hall–Kier alpha value is -1.64. The maximum atomic E-state index is 11.4. The van der Waals surface area contributed by atoms with Gasteiger partial charge in [-0.15, -0.1) is 0 Å². The van der Waals surface area contributed by atoms with Crippen LogP contribution in [0.5, 0.6) is 0 Å². The largest absolute Gasteiger partial charge is 0.408 e. The van der Waals surface area contributed by atoms with Gasteiger partial charge in [0.05, 0.1) is 10.9 Å². The van der Waals surface area contributed by atoms with Crippen molar-refractivity contribution in [3.8, 4) is 0 Å². The van der Waals surface area contributed by atoms with E-state index in [0.717, 1.165) is 0 Å². The van der Waals surface area contributed by atoms with Crippen LogP contribution >= 0.6 is 0 Å². The molecule has 3 heteroatoms. The fourth-order valence-corrected chi connectivity index (χ4v) is 1.21. The number of hydrogen-bond acceptors (Lipinski definition) is 3. The Morgan fingerprint density at radius 1 is 1.27 bits per heavy atom. The molecule has 0 aliphatic rings. The second kappa shape index (κ2) is 5.29. The Labute approximate surface area is 88.8 Å². The summed E-state index contributed by atoms with van der Waals surface area (Å²) in [5, 5.41) is 0.541. The van der Waals surface area contributed by atoms with Gasteiger partial charge in [0.2, 0.25) is 0 Å². The van der Waals surface area contributed by atoms with Crippen molar-refractivity contribution >= 4 is 10.9 Å². The van der Waals surface area contributed by atoms with Crippen molar-refractivity contribution in [2.45, 2.75) is 27.2 Å². The Kier molecular flexibility index (Phi) is 4.03. The number of aromatic nitrogens is 1. The van der Waals surface area contributed by atoms with Crippen molar-refractivity contribution in [2.75, 3.05) is 0 Å². The molecule has 2 aromatic rings. The maximum absolute atomic E-state index is 11.4. The van der Waals surface area contributed by atoms with E-state index >= 15 is 0 Å². The lowest BCUT2D eigenvalue weighted by molar-refractivity contribution is 0.450. The molecule has 0 bridgehead atoms. The van der Waals surface area contributed by atoms with Gasteiger partial charge in [-0.1, -0.05) is 32.9 Å². The molecule has 0 atom stereocenters. The molecule has 0 aliphatic carbocycles. The van der Waals surface area contributed by atoms with Crippen molar-refractivity contribution in [1.82, 2.24) is 4.98 Å². The van der Waals surface area contributed by atoms with E-state index < -0.39 is 0 Å². The van der Waals surface area contributed by atoms with Gasteiger partial charge < -0.3 is 4.42 Å². The highest BCUT2D eigenvalue weighted by molar-refractivity contribution is 5.76. The molecule has 0 saturated carbocycles. The summed E-state index contributed by atoms with van der Waals surface area (Å²) in [5.41, 5.74) is 0.401. The molecule has 0 fully saturated rings. The van der Waals surface area contributed by atoms with Crippen LogP contribution in [0.2, 0.25) is 0 Å². The van der Waals surface area contributed by atoms with Crippen LogP contribution in [0.25, 0.3) is 10.9 Å². The third kappa shape index (κ3) is 2.43. The number of fused-ring (bicyclic) bond motifs is 1. The second-order valence-electron chi connectivity index (χ2n) is 2.77. The van der Waals surface area contributed by atoms with E-state index in [2.05, 4.69) is 4.98 Å². The fourth-order valence-electron chi connectivity index (χ4n) is 1.21. The van der Waals surface area contributed by atoms with Gasteiger partial charge in [0.25, 0.3) is 0 Å². The molecule has 0 amide bonds. The zero-order valence-electron chi connectivity index (χ0n) is 9.28. The van der Waals surface area contributed by atoms with Crippen LogP contribution in [0.4, 0.5) is 0 Å². The van der Waals surface area contributed by atoms with Gasteiger partial charge in [-0.25, -0.2) is 9.78 Å². The number of para-hydroxylation sites is 1. The lowest BCUT2D eigenvalue weighted by Crippen LogP contribution is -2.03. The van der Waals surface area contributed by atoms with Crippen LogP contribution in [0.1, 0.15) is 26.7 Å². The number of aryl methyl sites for hydroxylation is 1. The Morgan fingerprint density at radius 2 is 1.93 bits per heavy atom. The first-order valence-corrected chi connectivity index (χ1v) is 5.20. The van der Waals surface area contributed by atoms with Crippen molar-refractivity contribution < 1.29 is 4.42 Å². The lowest BCUT2D eigenvalue weighted by atomic mass is 10.2. The summed E-state index contributed by atoms with van der Waals surface area (Å²) in [6.07, 6.45) is 0.639. The molecule has 0 saturated heterocycles. The standard InChI is InChI=1S/C10H9NO2.C2H6/c1-2-9-11-8-6-4-3-5-7(8)10(12)13-9;1-2/h3-6H,2H2,1H3;1-2H3. The normalized spacial score (nSPS) is 9.53. The molecule has 2 rings (SSSR count). The van der Waals surface area contributed by atoms with E-state index in [1.54, 1.807) is 12.1 Å². The molecule has 80 valence electrons. The van der Waals surface area contributed by atoms with Gasteiger partial charge in [0.15, 0.2) is 5.89 Å². The first-order valence-electron chi connectivity index (χ1n) is 5.20. The number of rotatable bonds is 1. The van der Waals surface area contributed by atoms with Crippen molar-refractivity contribution in [1.29, 1.82) is 0 Å². The Morgan fingerprint density at radius 3 is 2.60 bits per heavy atom. The van der Waals surface area contributed by atoms with Crippen LogP contribution in [-0.4, -0.2) is 4.98 Å². The van der Waals surface area contributed by atoms with Gasteiger partial charge in [0, 0.05) is 6.42 Å². The molecule has 1 aromatic heterocycles. The maximum Gasteiger partial charge on any atom is 0.346 e. The Balaban J connectivity index is 0.000000531. The van der Waals surface area contributed by atoms with Crippen LogP contribution in [0, 0.1) is 0 Å². The minimum atomic E-state index is -0.303. The summed E-state index contributed by atoms with van der Waals surface area (Å²) in [6.45, 7) is 5.90. The predicted octanol–water partition coefficient (Wildman–Crippen LogP) is 2.78. The van der Waals surface area contributed by atoms with E-state index in [1.807, 2.05) is 32.9 Å². The van der Waals surface area contributed by atoms with Crippen molar-refractivity contribution in [3.63, 3.8) is 0 Å². The predicted molar refractivity (Wildman–Crippen MR) is 61.0 cm³/mol.